The summed E-state index contributed by atoms with van der Waals surface area (Å²) in [5.74, 6) is 7.94. The molecule has 2 aromatic carbocycles. The molecule has 5 aliphatic rings. The van der Waals surface area contributed by atoms with E-state index in [-0.39, 0.29) is 53.8 Å². The van der Waals surface area contributed by atoms with Crippen molar-refractivity contribution >= 4 is 21.6 Å². The van der Waals surface area contributed by atoms with Crippen LogP contribution in [0.4, 0.5) is 0 Å². The van der Waals surface area contributed by atoms with Crippen LogP contribution in [-0.4, -0.2) is 91.3 Å². The lowest BCUT2D eigenvalue weighted by Gasteiger charge is -2.36. The van der Waals surface area contributed by atoms with Crippen molar-refractivity contribution < 1.29 is 35.4 Å². The summed E-state index contributed by atoms with van der Waals surface area (Å²) >= 11 is 0. The number of dihydropyridines is 1. The number of hydrogen-bond acceptors (Lipinski definition) is 11. The Bertz CT molecular complexity index is 2220. The van der Waals surface area contributed by atoms with Crippen LogP contribution < -0.4 is 15.8 Å². The Kier molecular flexibility index (Phi) is 16.1. The van der Waals surface area contributed by atoms with E-state index in [0.717, 1.165) is 66.5 Å². The van der Waals surface area contributed by atoms with Crippen LogP contribution in [0.15, 0.2) is 95.5 Å². The zero-order valence-corrected chi connectivity index (χ0v) is 39.3. The van der Waals surface area contributed by atoms with Crippen molar-refractivity contribution in [1.82, 2.24) is 10.3 Å². The van der Waals surface area contributed by atoms with Crippen molar-refractivity contribution in [2.24, 2.45) is 40.7 Å². The monoisotopic (exact) mass is 923 g/mol. The number of rotatable bonds is 11. The highest BCUT2D eigenvalue weighted by Gasteiger charge is 2.43. The molecule has 0 unspecified atom stereocenters. The van der Waals surface area contributed by atoms with Crippen LogP contribution >= 0.6 is 21.6 Å². The number of aromatic amines is 1. The number of benzene rings is 2. The molecule has 0 spiro atoms. The molecule has 11 atom stereocenters. The molecule has 3 aromatic rings. The smallest absolute Gasteiger partial charge is 0.161 e. The maximum absolute atomic E-state index is 12.3. The van der Waals surface area contributed by atoms with Gasteiger partial charge in [0.05, 0.1) is 18.3 Å². The summed E-state index contributed by atoms with van der Waals surface area (Å²) in [7, 11) is 3.26. The third-order valence-electron chi connectivity index (χ3n) is 15.1. The second-order valence-corrected chi connectivity index (χ2v) is 21.7. The number of phenolic OH excluding ortho intramolecular Hbond substituents is 1. The Morgan fingerprint density at radius 3 is 2.58 bits per heavy atom. The average Bonchev–Trinajstić information content (AvgIpc) is 3.76. The van der Waals surface area contributed by atoms with E-state index in [4.69, 9.17) is 10.5 Å². The normalized spacial score (nSPS) is 32.0. The predicted octanol–water partition coefficient (Wildman–Crippen LogP) is 7.31. The molecule has 0 saturated carbocycles. The molecule has 10 N–H and O–H groups in total. The van der Waals surface area contributed by atoms with E-state index in [2.05, 4.69) is 71.5 Å². The van der Waals surface area contributed by atoms with Gasteiger partial charge >= 0.3 is 0 Å². The second-order valence-electron chi connectivity index (χ2n) is 19.2. The van der Waals surface area contributed by atoms with Crippen LogP contribution in [0, 0.1) is 46.8 Å². The third kappa shape index (κ3) is 11.0. The molecule has 3 heterocycles. The first kappa shape index (κ1) is 47.7. The zero-order valence-electron chi connectivity index (χ0n) is 37.7. The Labute approximate surface area is 393 Å². The Morgan fingerprint density at radius 1 is 0.969 bits per heavy atom. The van der Waals surface area contributed by atoms with Crippen LogP contribution in [0.5, 0.6) is 11.5 Å². The first-order chi connectivity index (χ1) is 31.6. The Hall–Kier alpha value is -3.80. The van der Waals surface area contributed by atoms with Crippen LogP contribution in [0.2, 0.25) is 0 Å². The largest absolute Gasteiger partial charge is 0.504 e. The van der Waals surface area contributed by atoms with Crippen molar-refractivity contribution in [1.29, 1.82) is 0 Å². The highest BCUT2D eigenvalue weighted by atomic mass is 33.1. The maximum atomic E-state index is 12.3. The van der Waals surface area contributed by atoms with Gasteiger partial charge in [-0.1, -0.05) is 101 Å². The number of hydrogen-bond donors (Lipinski definition) is 9. The summed E-state index contributed by atoms with van der Waals surface area (Å²) in [5.41, 5.74) is 13.8. The number of phenols is 1. The van der Waals surface area contributed by atoms with E-state index >= 15 is 0 Å². The topological polar surface area (TPSA) is 184 Å². The van der Waals surface area contributed by atoms with Gasteiger partial charge in [0.2, 0.25) is 0 Å². The van der Waals surface area contributed by atoms with Crippen molar-refractivity contribution in [3.8, 4) is 23.3 Å². The van der Waals surface area contributed by atoms with Gasteiger partial charge in [0, 0.05) is 77.8 Å². The number of aryl methyl sites for hydroxylation is 1. The minimum Gasteiger partial charge on any atom is -0.504 e. The number of nitrogens with two attached hydrogens (primary N) is 1. The number of allylic oxidation sites excluding steroid dienone is 3. The molecule has 12 heteroatoms. The fourth-order valence-electron chi connectivity index (χ4n) is 11.4. The summed E-state index contributed by atoms with van der Waals surface area (Å²) in [6.45, 7) is 2.59. The number of fused-ring (bicyclic) bond motifs is 5. The van der Waals surface area contributed by atoms with Crippen LogP contribution in [-0.2, 0) is 19.3 Å². The number of aliphatic hydroxyl groups is 5. The molecule has 1 fully saturated rings. The van der Waals surface area contributed by atoms with Gasteiger partial charge in [0.15, 0.2) is 11.5 Å². The molecule has 1 saturated heterocycles. The number of ether oxygens (including phenoxy) is 1. The number of aromatic hydroxyl groups is 1. The minimum absolute atomic E-state index is 0.00909. The SMILES string of the molecule is CC[C@H]1Cc2cc(O)c(O[C@H]3C[C@@H](Cc4ccc[nH]4)C4=CCNC(N)=C4CSSC[C@H](CO)[C@@H]3O)cc2[C@H]2C[C@@H](O)[C@@H]3[C@@H](C#C[C@@](CCO)(CCc4ccccc4)CCCC[C@@H]3O)C=C12. The van der Waals surface area contributed by atoms with Gasteiger partial charge in [-0.3, -0.25) is 0 Å². The predicted molar refractivity (Wildman–Crippen MR) is 261 cm³/mol. The molecule has 0 bridgehead atoms. The van der Waals surface area contributed by atoms with Gasteiger partial charge in [-0.2, -0.15) is 0 Å². The number of aromatic nitrogens is 1. The van der Waals surface area contributed by atoms with Gasteiger partial charge in [0.1, 0.15) is 11.9 Å². The van der Waals surface area contributed by atoms with E-state index < -0.39 is 36.3 Å². The number of nitrogens with one attached hydrogen (secondary N) is 2. The van der Waals surface area contributed by atoms with Gasteiger partial charge in [-0.25, -0.2) is 0 Å². The van der Waals surface area contributed by atoms with E-state index in [1.165, 1.54) is 11.1 Å². The van der Waals surface area contributed by atoms with Crippen molar-refractivity contribution in [2.45, 2.75) is 114 Å². The van der Waals surface area contributed by atoms with Gasteiger partial charge in [-0.05, 0) is 123 Å². The van der Waals surface area contributed by atoms with Gasteiger partial charge in [-0.15, -0.1) is 0 Å². The lowest BCUT2D eigenvalue weighted by atomic mass is 9.70. The quantitative estimate of drug-likeness (QED) is 0.0534. The molecular weight excluding hydrogens is 855 g/mol. The standard InChI is InChI=1S/C53H69N3O7S2/c1-2-34-23-36-26-46(60)48(63-49-27-37(24-39-11-8-20-55-39)40-15-21-56-52(54)44(40)32-65-64-31-38(30-58)51(49)62)29-42(36)43-28-47(61)50-35(25-41(34)43)14-18-53(19-22-57,16-7-6-12-45(50)59)17-13-33-9-4-3-5-10-33/h3-5,8-11,15,20,25-26,29,34-35,37-38,43,45,47,49-51,55-62H,2,6-7,12-13,16-17,19,21-24,27-28,30-32,54H2,1H3/t34-,35-,37+,38-,43-,45-,47+,49-,50+,51-,53-/m0/s1. The lowest BCUT2D eigenvalue weighted by molar-refractivity contribution is -0.0214. The molecule has 65 heavy (non-hydrogen) atoms. The molecule has 0 amide bonds. The maximum Gasteiger partial charge on any atom is 0.161 e. The Morgan fingerprint density at radius 2 is 1.82 bits per heavy atom. The first-order valence-electron chi connectivity index (χ1n) is 24.0. The third-order valence-corrected chi connectivity index (χ3v) is 17.5. The molecule has 10 nitrogen and oxygen atoms in total. The second kappa shape index (κ2) is 21.9. The molecule has 8 rings (SSSR count). The zero-order chi connectivity index (χ0) is 45.5. The van der Waals surface area contributed by atoms with Crippen LogP contribution in [0.25, 0.3) is 0 Å². The first-order valence-corrected chi connectivity index (χ1v) is 26.4. The highest BCUT2D eigenvalue weighted by molar-refractivity contribution is 8.76. The Balaban J connectivity index is 1.16. The van der Waals surface area contributed by atoms with Crippen LogP contribution in [0.3, 0.4) is 0 Å². The van der Waals surface area contributed by atoms with E-state index in [0.29, 0.717) is 62.4 Å². The van der Waals surface area contributed by atoms with Crippen molar-refractivity contribution in [3.63, 3.8) is 0 Å². The lowest BCUT2D eigenvalue weighted by Crippen LogP contribution is -2.42. The molecule has 3 aliphatic carbocycles. The summed E-state index contributed by atoms with van der Waals surface area (Å²) in [6.07, 6.45) is 11.3. The molecule has 1 aromatic heterocycles. The number of H-pyrrole nitrogens is 1. The van der Waals surface area contributed by atoms with Crippen molar-refractivity contribution in [3.05, 3.63) is 118 Å². The molecule has 350 valence electrons. The van der Waals surface area contributed by atoms with E-state index in [1.807, 2.05) is 30.5 Å². The van der Waals surface area contributed by atoms with Gasteiger partial charge < -0.3 is 51.4 Å². The summed E-state index contributed by atoms with van der Waals surface area (Å²) < 4.78 is 6.90. The summed E-state index contributed by atoms with van der Waals surface area (Å²) in [4.78, 5) is 3.36. The minimum atomic E-state index is -1.05. The van der Waals surface area contributed by atoms with E-state index in [9.17, 15) is 30.6 Å². The fourth-order valence-corrected chi connectivity index (χ4v) is 13.9. The summed E-state index contributed by atoms with van der Waals surface area (Å²) in [5, 5.41) is 72.5. The van der Waals surface area contributed by atoms with Crippen LogP contribution in [0.1, 0.15) is 93.0 Å². The average molecular weight is 924 g/mol. The highest BCUT2D eigenvalue weighted by Crippen LogP contribution is 2.51. The van der Waals surface area contributed by atoms with Gasteiger partial charge in [0.25, 0.3) is 0 Å². The number of aliphatic hydroxyl groups excluding tert-OH is 5. The molecule has 2 aliphatic heterocycles. The fraction of sp³-hybridized carbons (Fsp3) is 0.547. The molecule has 0 radical (unpaired) electrons. The van der Waals surface area contributed by atoms with Crippen molar-refractivity contribution in [2.75, 3.05) is 31.3 Å². The van der Waals surface area contributed by atoms with E-state index in [1.54, 1.807) is 21.6 Å². The molecular formula is C53H69N3O7S2. The summed E-state index contributed by atoms with van der Waals surface area (Å²) in [6, 6.07) is 18.2.